The number of aliphatic carboxylic acids is 1. The number of hydrogen-bond donors (Lipinski definition) is 3. The van der Waals surface area contributed by atoms with Gasteiger partial charge >= 0.3 is 5.97 Å². The molecule has 0 aliphatic heterocycles. The van der Waals surface area contributed by atoms with Crippen molar-refractivity contribution in [2.24, 2.45) is 0 Å². The van der Waals surface area contributed by atoms with E-state index in [9.17, 15) is 19.5 Å². The number of fused-ring (bicyclic) bond motifs is 1. The number of hydrogen-bond acceptors (Lipinski definition) is 5. The van der Waals surface area contributed by atoms with Crippen LogP contribution in [0.25, 0.3) is 11.0 Å². The molecule has 1 heterocycles. The van der Waals surface area contributed by atoms with Gasteiger partial charge < -0.3 is 15.7 Å². The van der Waals surface area contributed by atoms with Crippen LogP contribution in [0, 0.1) is 0 Å². The van der Waals surface area contributed by atoms with Gasteiger partial charge in [-0.25, -0.2) is 9.78 Å². The Bertz CT molecular complexity index is 1070. The smallest absolute Gasteiger partial charge is 0.326 e. The van der Waals surface area contributed by atoms with Crippen LogP contribution < -0.4 is 10.6 Å². The topological polar surface area (TPSA) is 121 Å². The third kappa shape index (κ3) is 6.33. The summed E-state index contributed by atoms with van der Waals surface area (Å²) in [5, 5.41) is 14.8. The van der Waals surface area contributed by atoms with E-state index in [1.54, 1.807) is 6.07 Å². The average Bonchev–Trinajstić information content (AvgIpc) is 2.77. The van der Waals surface area contributed by atoms with Crippen molar-refractivity contribution in [1.29, 1.82) is 0 Å². The average molecular weight is 420 g/mol. The molecule has 0 aliphatic carbocycles. The number of carbonyl (C=O) groups is 3. The van der Waals surface area contributed by atoms with E-state index >= 15 is 0 Å². The van der Waals surface area contributed by atoms with Gasteiger partial charge in [0.15, 0.2) is 0 Å². The lowest BCUT2D eigenvalue weighted by Crippen LogP contribution is -2.42. The van der Waals surface area contributed by atoms with Crippen LogP contribution in [0.3, 0.4) is 0 Å². The lowest BCUT2D eigenvalue weighted by molar-refractivity contribution is -0.141. The molecule has 0 spiro atoms. The van der Waals surface area contributed by atoms with Crippen molar-refractivity contribution < 1.29 is 19.5 Å². The van der Waals surface area contributed by atoms with Gasteiger partial charge in [0.25, 0.3) is 0 Å². The highest BCUT2D eigenvalue weighted by Crippen LogP contribution is 2.12. The maximum absolute atomic E-state index is 12.2. The zero-order valence-corrected chi connectivity index (χ0v) is 17.1. The summed E-state index contributed by atoms with van der Waals surface area (Å²) < 4.78 is 0. The Morgan fingerprint density at radius 1 is 0.903 bits per heavy atom. The molecule has 0 saturated heterocycles. The van der Waals surface area contributed by atoms with Gasteiger partial charge in [0, 0.05) is 25.5 Å². The van der Waals surface area contributed by atoms with Crippen LogP contribution in [0.5, 0.6) is 0 Å². The summed E-state index contributed by atoms with van der Waals surface area (Å²) >= 11 is 0. The van der Waals surface area contributed by atoms with Crippen LogP contribution in [0.2, 0.25) is 0 Å². The molecule has 2 atom stereocenters. The minimum Gasteiger partial charge on any atom is -0.480 e. The number of amides is 2. The predicted octanol–water partition coefficient (Wildman–Crippen LogP) is 2.40. The molecular weight excluding hydrogens is 396 g/mol. The summed E-state index contributed by atoms with van der Waals surface area (Å²) in [7, 11) is 0. The second kappa shape index (κ2) is 10.3. The number of benzene rings is 2. The first kappa shape index (κ1) is 21.9. The van der Waals surface area contributed by atoms with Crippen LogP contribution in [0.15, 0.2) is 60.8 Å². The zero-order chi connectivity index (χ0) is 22.2. The molecule has 0 bridgehead atoms. The molecule has 0 fully saturated rings. The summed E-state index contributed by atoms with van der Waals surface area (Å²) in [5.41, 5.74) is 2.78. The van der Waals surface area contributed by atoms with Crippen molar-refractivity contribution in [1.82, 2.24) is 20.6 Å². The Morgan fingerprint density at radius 2 is 1.52 bits per heavy atom. The zero-order valence-electron chi connectivity index (χ0n) is 17.1. The van der Waals surface area contributed by atoms with Crippen LogP contribution >= 0.6 is 0 Å². The molecular formula is C23H24N4O4. The number of carbonyl (C=O) groups excluding carboxylic acids is 2. The molecule has 8 nitrogen and oxygen atoms in total. The molecule has 2 amide bonds. The van der Waals surface area contributed by atoms with Crippen molar-refractivity contribution in [3.05, 3.63) is 72.1 Å². The first-order chi connectivity index (χ1) is 14.9. The molecule has 0 unspecified atom stereocenters. The monoisotopic (exact) mass is 420 g/mol. The number of carboxylic acid groups (broad SMARTS) is 1. The van der Waals surface area contributed by atoms with E-state index in [2.05, 4.69) is 20.6 Å². The minimum absolute atomic E-state index is 0.00382. The highest BCUT2D eigenvalue weighted by molar-refractivity contribution is 5.87. The molecule has 3 rings (SSSR count). The second-order valence-electron chi connectivity index (χ2n) is 7.21. The first-order valence-corrected chi connectivity index (χ1v) is 9.99. The van der Waals surface area contributed by atoms with Gasteiger partial charge in [-0.1, -0.05) is 42.5 Å². The highest BCUT2D eigenvalue weighted by Gasteiger charge is 2.22. The lowest BCUT2D eigenvalue weighted by Gasteiger charge is -2.16. The van der Waals surface area contributed by atoms with Gasteiger partial charge in [0.2, 0.25) is 11.8 Å². The molecule has 0 aliphatic rings. The van der Waals surface area contributed by atoms with Gasteiger partial charge in [-0.3, -0.25) is 14.6 Å². The van der Waals surface area contributed by atoms with E-state index in [1.807, 2.05) is 55.5 Å². The number of aromatic nitrogens is 2. The fraction of sp³-hybridized carbons (Fsp3) is 0.261. The Hall–Kier alpha value is -3.81. The summed E-state index contributed by atoms with van der Waals surface area (Å²) in [6, 6.07) is 15.4. The molecule has 3 aromatic rings. The fourth-order valence-corrected chi connectivity index (χ4v) is 3.14. The third-order valence-electron chi connectivity index (χ3n) is 4.80. The van der Waals surface area contributed by atoms with E-state index in [0.717, 1.165) is 5.56 Å². The molecule has 2 aromatic carbocycles. The Balaban J connectivity index is 1.51. The number of rotatable bonds is 9. The Labute approximate surface area is 179 Å². The van der Waals surface area contributed by atoms with Crippen molar-refractivity contribution in [3.63, 3.8) is 0 Å². The van der Waals surface area contributed by atoms with E-state index in [-0.39, 0.29) is 31.2 Å². The predicted molar refractivity (Wildman–Crippen MR) is 115 cm³/mol. The normalized spacial score (nSPS) is 12.7. The molecule has 3 N–H and O–H groups in total. The quantitative estimate of drug-likeness (QED) is 0.489. The third-order valence-corrected chi connectivity index (χ3v) is 4.80. The van der Waals surface area contributed by atoms with Crippen molar-refractivity contribution in [3.8, 4) is 0 Å². The van der Waals surface area contributed by atoms with Crippen molar-refractivity contribution in [2.75, 3.05) is 0 Å². The Morgan fingerprint density at radius 3 is 2.19 bits per heavy atom. The Kier molecular flexibility index (Phi) is 7.26. The lowest BCUT2D eigenvalue weighted by atomic mass is 10.1. The van der Waals surface area contributed by atoms with E-state index in [0.29, 0.717) is 16.7 Å². The van der Waals surface area contributed by atoms with E-state index < -0.39 is 17.9 Å². The molecule has 8 heteroatoms. The van der Waals surface area contributed by atoms with Gasteiger partial charge in [-0.2, -0.15) is 0 Å². The number of para-hydroxylation sites is 2. The van der Waals surface area contributed by atoms with Crippen molar-refractivity contribution >= 4 is 28.8 Å². The van der Waals surface area contributed by atoms with Crippen LogP contribution in [-0.4, -0.2) is 38.9 Å². The maximum atomic E-state index is 12.2. The minimum atomic E-state index is -1.18. The summed E-state index contributed by atoms with van der Waals surface area (Å²) in [4.78, 5) is 44.6. The van der Waals surface area contributed by atoms with Gasteiger partial charge in [0.1, 0.15) is 6.04 Å². The summed E-state index contributed by atoms with van der Waals surface area (Å²) in [5.74, 6) is -1.96. The standard InChI is InChI=1S/C23H24N4O4/c1-15(16-7-3-2-4-8-16)25-21(28)11-12-22(29)27-20(23(30)31)13-17-14-24-18-9-5-6-10-19(18)26-17/h2-10,14-15,20H,11-13H2,1H3,(H,25,28)(H,27,29)(H,30,31)/t15-,20-/m1/s1. The van der Waals surface area contributed by atoms with Gasteiger partial charge in [-0.05, 0) is 24.6 Å². The van der Waals surface area contributed by atoms with Gasteiger partial charge in [-0.15, -0.1) is 0 Å². The molecule has 1 aromatic heterocycles. The fourth-order valence-electron chi connectivity index (χ4n) is 3.14. The maximum Gasteiger partial charge on any atom is 0.326 e. The second-order valence-corrected chi connectivity index (χ2v) is 7.21. The first-order valence-electron chi connectivity index (χ1n) is 9.99. The summed E-state index contributed by atoms with van der Waals surface area (Å²) in [6.07, 6.45) is 1.35. The molecule has 31 heavy (non-hydrogen) atoms. The number of nitrogens with zero attached hydrogens (tertiary/aromatic N) is 2. The van der Waals surface area contributed by atoms with Crippen LogP contribution in [0.4, 0.5) is 0 Å². The van der Waals surface area contributed by atoms with Crippen molar-refractivity contribution in [2.45, 2.75) is 38.3 Å². The van der Waals surface area contributed by atoms with Crippen LogP contribution in [0.1, 0.15) is 37.1 Å². The van der Waals surface area contributed by atoms with Crippen LogP contribution in [-0.2, 0) is 20.8 Å². The molecule has 0 radical (unpaired) electrons. The summed E-state index contributed by atoms with van der Waals surface area (Å²) in [6.45, 7) is 1.86. The SMILES string of the molecule is C[C@@H](NC(=O)CCC(=O)N[C@H](Cc1cnc2ccccc2n1)C(=O)O)c1ccccc1. The highest BCUT2D eigenvalue weighted by atomic mass is 16.4. The van der Waals surface area contributed by atoms with E-state index in [1.165, 1.54) is 6.20 Å². The number of nitrogens with one attached hydrogen (secondary N) is 2. The number of carboxylic acids is 1. The van der Waals surface area contributed by atoms with Gasteiger partial charge in [0.05, 0.1) is 22.8 Å². The molecule has 0 saturated carbocycles. The van der Waals surface area contributed by atoms with E-state index in [4.69, 9.17) is 0 Å². The largest absolute Gasteiger partial charge is 0.480 e. The molecule has 160 valence electrons.